The molecular formula is C15H17ClN2O. The number of nitrogens with one attached hydrogen (secondary N) is 1. The Hall–Kier alpha value is -1.22. The lowest BCUT2D eigenvalue weighted by atomic mass is 10.0. The van der Waals surface area contributed by atoms with Crippen LogP contribution in [0.1, 0.15) is 19.3 Å². The fourth-order valence-corrected chi connectivity index (χ4v) is 4.69. The summed E-state index contributed by atoms with van der Waals surface area (Å²) in [5.41, 5.74) is 6.96. The van der Waals surface area contributed by atoms with Crippen molar-refractivity contribution in [2.45, 2.75) is 19.3 Å². The predicted octanol–water partition coefficient (Wildman–Crippen LogP) is 3.15. The largest absolute Gasteiger partial charge is 0.398 e. The minimum absolute atomic E-state index is 0.174. The van der Waals surface area contributed by atoms with E-state index in [-0.39, 0.29) is 11.8 Å². The molecule has 3 N–H and O–H groups in total. The smallest absolute Gasteiger partial charge is 0.228 e. The van der Waals surface area contributed by atoms with Gasteiger partial charge in [0.15, 0.2) is 0 Å². The minimum Gasteiger partial charge on any atom is -0.398 e. The average molecular weight is 277 g/mol. The first-order valence-electron chi connectivity index (χ1n) is 7.01. The van der Waals surface area contributed by atoms with Crippen LogP contribution < -0.4 is 11.1 Å². The maximum absolute atomic E-state index is 12.3. The highest BCUT2D eigenvalue weighted by Crippen LogP contribution is 2.69. The molecule has 4 rings (SSSR count). The predicted molar refractivity (Wildman–Crippen MR) is 75.8 cm³/mol. The summed E-state index contributed by atoms with van der Waals surface area (Å²) in [5, 5.41) is 3.48. The zero-order chi connectivity index (χ0) is 13.1. The summed E-state index contributed by atoms with van der Waals surface area (Å²) in [5.74, 6) is 3.41. The molecule has 0 heterocycles. The van der Waals surface area contributed by atoms with Gasteiger partial charge in [0.05, 0.1) is 10.7 Å². The summed E-state index contributed by atoms with van der Waals surface area (Å²) in [7, 11) is 0. The first-order valence-corrected chi connectivity index (χ1v) is 7.39. The quantitative estimate of drug-likeness (QED) is 0.815. The summed E-state index contributed by atoms with van der Waals surface area (Å²) in [4.78, 5) is 12.3. The van der Waals surface area contributed by atoms with Gasteiger partial charge in [0.2, 0.25) is 5.91 Å². The Bertz CT molecular complexity index is 543. The van der Waals surface area contributed by atoms with Crippen molar-refractivity contribution in [3.05, 3.63) is 23.2 Å². The molecule has 1 aromatic rings. The van der Waals surface area contributed by atoms with Crippen LogP contribution in [0.3, 0.4) is 0 Å². The molecule has 19 heavy (non-hydrogen) atoms. The number of nitrogens with two attached hydrogens (primary N) is 1. The van der Waals surface area contributed by atoms with Gasteiger partial charge in [-0.1, -0.05) is 11.6 Å². The van der Waals surface area contributed by atoms with Crippen molar-refractivity contribution < 1.29 is 4.79 Å². The zero-order valence-electron chi connectivity index (χ0n) is 10.6. The first kappa shape index (κ1) is 11.6. The van der Waals surface area contributed by atoms with E-state index in [0.717, 1.165) is 17.5 Å². The molecular weight excluding hydrogens is 260 g/mol. The van der Waals surface area contributed by atoms with Gasteiger partial charge in [0.1, 0.15) is 0 Å². The number of hydrogen-bond donors (Lipinski definition) is 2. The van der Waals surface area contributed by atoms with Gasteiger partial charge in [-0.15, -0.1) is 0 Å². The second kappa shape index (κ2) is 3.89. The van der Waals surface area contributed by atoms with Crippen molar-refractivity contribution in [1.29, 1.82) is 0 Å². The first-order chi connectivity index (χ1) is 9.15. The van der Waals surface area contributed by atoms with E-state index < -0.39 is 0 Å². The monoisotopic (exact) mass is 276 g/mol. The minimum atomic E-state index is 0.174. The molecule has 3 saturated carbocycles. The van der Waals surface area contributed by atoms with Crippen molar-refractivity contribution in [1.82, 2.24) is 0 Å². The van der Waals surface area contributed by atoms with E-state index in [0.29, 0.717) is 22.5 Å². The van der Waals surface area contributed by atoms with E-state index in [9.17, 15) is 4.79 Å². The van der Waals surface area contributed by atoms with Gasteiger partial charge in [-0.25, -0.2) is 0 Å². The highest BCUT2D eigenvalue weighted by atomic mass is 35.5. The van der Waals surface area contributed by atoms with E-state index >= 15 is 0 Å². The van der Waals surface area contributed by atoms with Crippen LogP contribution in [-0.4, -0.2) is 5.91 Å². The molecule has 0 saturated heterocycles. The third kappa shape index (κ3) is 1.68. The number of fused-ring (bicyclic) bond motifs is 5. The molecule has 1 amide bonds. The summed E-state index contributed by atoms with van der Waals surface area (Å²) in [6, 6.07) is 5.27. The van der Waals surface area contributed by atoms with Crippen LogP contribution in [0.25, 0.3) is 0 Å². The standard InChI is InChI=1S/C15H17ClN2O/c16-10-6-9(3-4-11(10)17)18-15(19)14-12-7-1-2-8(5-7)13(12)14/h3-4,6-8,12-14H,1-2,5,17H2,(H,18,19). The van der Waals surface area contributed by atoms with E-state index in [1.165, 1.54) is 19.3 Å². The average Bonchev–Trinajstić information content (AvgIpc) is 2.83. The van der Waals surface area contributed by atoms with Crippen LogP contribution in [0.2, 0.25) is 5.02 Å². The molecule has 0 aliphatic heterocycles. The van der Waals surface area contributed by atoms with E-state index in [4.69, 9.17) is 17.3 Å². The van der Waals surface area contributed by atoms with Gasteiger partial charge in [-0.05, 0) is 61.1 Å². The summed E-state index contributed by atoms with van der Waals surface area (Å²) in [6.07, 6.45) is 4.04. The molecule has 100 valence electrons. The van der Waals surface area contributed by atoms with Crippen molar-refractivity contribution in [3.8, 4) is 0 Å². The van der Waals surface area contributed by atoms with Crippen LogP contribution in [0, 0.1) is 29.6 Å². The van der Waals surface area contributed by atoms with Crippen LogP contribution in [-0.2, 0) is 4.79 Å². The van der Waals surface area contributed by atoms with Crippen LogP contribution in [0.15, 0.2) is 18.2 Å². The SMILES string of the molecule is Nc1ccc(NC(=O)C2C3C4CCC(C4)C23)cc1Cl. The normalized spacial score (nSPS) is 38.1. The highest BCUT2D eigenvalue weighted by molar-refractivity contribution is 6.33. The number of carbonyl (C=O) groups excluding carboxylic acids is 1. The van der Waals surface area contributed by atoms with Crippen LogP contribution in [0.4, 0.5) is 11.4 Å². The molecule has 4 unspecified atom stereocenters. The van der Waals surface area contributed by atoms with Crippen molar-refractivity contribution in [2.24, 2.45) is 29.6 Å². The fraction of sp³-hybridized carbons (Fsp3) is 0.533. The number of nitrogen functional groups attached to an aromatic ring is 1. The maximum Gasteiger partial charge on any atom is 0.228 e. The second-order valence-corrected chi connectivity index (χ2v) is 6.65. The summed E-state index contributed by atoms with van der Waals surface area (Å²) in [6.45, 7) is 0. The van der Waals surface area contributed by atoms with Gasteiger partial charge >= 0.3 is 0 Å². The molecule has 4 atom stereocenters. The van der Waals surface area contributed by atoms with Gasteiger partial charge in [0, 0.05) is 11.6 Å². The fourth-order valence-electron chi connectivity index (χ4n) is 4.51. The lowest BCUT2D eigenvalue weighted by molar-refractivity contribution is -0.118. The van der Waals surface area contributed by atoms with E-state index in [1.807, 2.05) is 6.07 Å². The molecule has 3 aliphatic carbocycles. The molecule has 3 aliphatic rings. The number of hydrogen-bond acceptors (Lipinski definition) is 2. The Balaban J connectivity index is 1.47. The Morgan fingerprint density at radius 3 is 2.58 bits per heavy atom. The highest BCUT2D eigenvalue weighted by Gasteiger charge is 2.67. The van der Waals surface area contributed by atoms with Gasteiger partial charge in [-0.2, -0.15) is 0 Å². The van der Waals surface area contributed by atoms with Gasteiger partial charge in [0.25, 0.3) is 0 Å². The van der Waals surface area contributed by atoms with Crippen LogP contribution >= 0.6 is 11.6 Å². The van der Waals surface area contributed by atoms with E-state index in [2.05, 4.69) is 5.32 Å². The van der Waals surface area contributed by atoms with Gasteiger partial charge in [-0.3, -0.25) is 4.79 Å². The number of anilines is 2. The third-order valence-corrected chi connectivity index (χ3v) is 5.63. The molecule has 0 radical (unpaired) electrons. The number of amides is 1. The van der Waals surface area contributed by atoms with Crippen molar-refractivity contribution >= 4 is 28.9 Å². The maximum atomic E-state index is 12.3. The number of carbonyl (C=O) groups is 1. The Morgan fingerprint density at radius 2 is 1.95 bits per heavy atom. The Morgan fingerprint density at radius 1 is 1.26 bits per heavy atom. The molecule has 3 fully saturated rings. The number of halogens is 1. The van der Waals surface area contributed by atoms with Crippen LogP contribution in [0.5, 0.6) is 0 Å². The number of benzene rings is 1. The number of rotatable bonds is 2. The second-order valence-electron chi connectivity index (χ2n) is 6.24. The zero-order valence-corrected chi connectivity index (χ0v) is 11.4. The molecule has 0 aromatic heterocycles. The molecule has 2 bridgehead atoms. The lowest BCUT2D eigenvalue weighted by Gasteiger charge is -2.10. The third-order valence-electron chi connectivity index (χ3n) is 5.31. The molecule has 1 aromatic carbocycles. The Labute approximate surface area is 117 Å². The lowest BCUT2D eigenvalue weighted by Crippen LogP contribution is -2.18. The topological polar surface area (TPSA) is 55.1 Å². The Kier molecular flexibility index (Phi) is 2.37. The summed E-state index contributed by atoms with van der Waals surface area (Å²) < 4.78 is 0. The van der Waals surface area contributed by atoms with E-state index in [1.54, 1.807) is 12.1 Å². The molecule has 4 heteroatoms. The van der Waals surface area contributed by atoms with Crippen molar-refractivity contribution in [2.75, 3.05) is 11.1 Å². The molecule has 0 spiro atoms. The molecule has 3 nitrogen and oxygen atoms in total. The van der Waals surface area contributed by atoms with Gasteiger partial charge < -0.3 is 11.1 Å². The summed E-state index contributed by atoms with van der Waals surface area (Å²) >= 11 is 5.97. The van der Waals surface area contributed by atoms with Crippen molar-refractivity contribution in [3.63, 3.8) is 0 Å².